The molecule has 3 N–H and O–H groups in total. The van der Waals surface area contributed by atoms with Crippen LogP contribution in [0.2, 0.25) is 0 Å². The smallest absolute Gasteiger partial charge is 0.226 e. The van der Waals surface area contributed by atoms with Crippen LogP contribution in [0.4, 0.5) is 0 Å². The molecule has 3 saturated carbocycles. The summed E-state index contributed by atoms with van der Waals surface area (Å²) in [6.45, 7) is 7.11. The molecule has 1 aromatic rings. The zero-order valence-electron chi connectivity index (χ0n) is 18.0. The maximum atomic E-state index is 13.3. The van der Waals surface area contributed by atoms with E-state index in [0.29, 0.717) is 23.9 Å². The largest absolute Gasteiger partial charge is 0.353 e. The number of fused-ring (bicyclic) bond motifs is 2. The fourth-order valence-electron chi connectivity index (χ4n) is 7.28. The zero-order chi connectivity index (χ0) is 20.0. The van der Waals surface area contributed by atoms with Crippen molar-refractivity contribution < 1.29 is 4.79 Å². The Morgan fingerprint density at radius 1 is 0.964 bits per heavy atom. The van der Waals surface area contributed by atoms with Crippen LogP contribution in [-0.4, -0.2) is 18.0 Å². The minimum absolute atomic E-state index is 0.227. The Morgan fingerprint density at radius 3 is 2.29 bits per heavy atom. The number of benzene rings is 1. The van der Waals surface area contributed by atoms with Gasteiger partial charge in [-0.1, -0.05) is 51.1 Å². The lowest BCUT2D eigenvalue weighted by molar-refractivity contribution is -0.140. The normalized spacial score (nSPS) is 43.4. The summed E-state index contributed by atoms with van der Waals surface area (Å²) in [5.41, 5.74) is 7.75. The number of nitrogens with one attached hydrogen (secondary N) is 1. The topological polar surface area (TPSA) is 55.1 Å². The molecular weight excluding hydrogens is 344 g/mol. The number of amides is 1. The highest BCUT2D eigenvalue weighted by atomic mass is 16.2. The van der Waals surface area contributed by atoms with E-state index in [1.54, 1.807) is 0 Å². The Balaban J connectivity index is 1.48. The van der Waals surface area contributed by atoms with Gasteiger partial charge in [0.25, 0.3) is 0 Å². The molecule has 3 nitrogen and oxygen atoms in total. The van der Waals surface area contributed by atoms with E-state index >= 15 is 0 Å². The number of carbonyl (C=O) groups is 1. The minimum atomic E-state index is -0.227. The van der Waals surface area contributed by atoms with Crippen LogP contribution >= 0.6 is 0 Å². The van der Waals surface area contributed by atoms with Gasteiger partial charge < -0.3 is 11.1 Å². The van der Waals surface area contributed by atoms with Gasteiger partial charge in [0.1, 0.15) is 0 Å². The Labute approximate surface area is 170 Å². The Hall–Kier alpha value is -1.35. The van der Waals surface area contributed by atoms with Gasteiger partial charge in [-0.25, -0.2) is 0 Å². The van der Waals surface area contributed by atoms with E-state index in [0.717, 1.165) is 38.5 Å². The maximum Gasteiger partial charge on any atom is 0.226 e. The van der Waals surface area contributed by atoms with E-state index in [9.17, 15) is 4.79 Å². The van der Waals surface area contributed by atoms with Gasteiger partial charge in [0.15, 0.2) is 0 Å². The Bertz CT molecular complexity index is 711. The molecule has 1 amide bonds. The molecule has 4 rings (SSSR count). The van der Waals surface area contributed by atoms with E-state index < -0.39 is 0 Å². The molecule has 28 heavy (non-hydrogen) atoms. The highest BCUT2D eigenvalue weighted by molar-refractivity contribution is 5.82. The third-order valence-electron chi connectivity index (χ3n) is 8.02. The average molecular weight is 383 g/mol. The number of rotatable bonds is 3. The quantitative estimate of drug-likeness (QED) is 0.778. The first kappa shape index (κ1) is 19.9. The molecule has 154 valence electrons. The molecule has 0 aliphatic heterocycles. The lowest BCUT2D eigenvalue weighted by Gasteiger charge is -2.56. The molecule has 2 bridgehead atoms. The van der Waals surface area contributed by atoms with Crippen LogP contribution < -0.4 is 11.1 Å². The predicted octanol–water partition coefficient (Wildman–Crippen LogP) is 4.94. The third-order valence-corrected chi connectivity index (χ3v) is 8.02. The number of nitrogens with two attached hydrogens (primary N) is 1. The van der Waals surface area contributed by atoms with E-state index in [-0.39, 0.29) is 16.2 Å². The van der Waals surface area contributed by atoms with Crippen molar-refractivity contribution in [2.75, 3.05) is 0 Å². The van der Waals surface area contributed by atoms with Gasteiger partial charge in [-0.3, -0.25) is 4.79 Å². The van der Waals surface area contributed by atoms with Crippen LogP contribution in [0.25, 0.3) is 0 Å². The van der Waals surface area contributed by atoms with Gasteiger partial charge in [-0.2, -0.15) is 0 Å². The molecule has 3 aliphatic carbocycles. The van der Waals surface area contributed by atoms with Crippen LogP contribution in [0, 0.1) is 16.7 Å². The highest BCUT2D eigenvalue weighted by Gasteiger charge is 2.54. The molecule has 0 aromatic heterocycles. The molecule has 3 aliphatic rings. The fourth-order valence-corrected chi connectivity index (χ4v) is 7.28. The number of hydrogen-bond acceptors (Lipinski definition) is 2. The van der Waals surface area contributed by atoms with Gasteiger partial charge in [0, 0.05) is 17.5 Å². The van der Waals surface area contributed by atoms with Gasteiger partial charge in [-0.15, -0.1) is 0 Å². The molecule has 0 heterocycles. The van der Waals surface area contributed by atoms with Crippen molar-refractivity contribution in [3.8, 4) is 0 Å². The van der Waals surface area contributed by atoms with E-state index in [1.807, 2.05) is 0 Å². The lowest BCUT2D eigenvalue weighted by atomic mass is 9.48. The molecule has 4 atom stereocenters. The summed E-state index contributed by atoms with van der Waals surface area (Å²) in [4.78, 5) is 13.3. The fraction of sp³-hybridized carbons (Fsp3) is 0.720. The van der Waals surface area contributed by atoms with Crippen LogP contribution in [0.5, 0.6) is 0 Å². The average Bonchev–Trinajstić information content (AvgIpc) is 2.62. The molecule has 0 spiro atoms. The Kier molecular flexibility index (Phi) is 5.10. The second-order valence-corrected chi connectivity index (χ2v) is 11.2. The van der Waals surface area contributed by atoms with Crippen molar-refractivity contribution in [2.45, 2.75) is 96.1 Å². The van der Waals surface area contributed by atoms with Gasteiger partial charge >= 0.3 is 0 Å². The second-order valence-electron chi connectivity index (χ2n) is 11.2. The van der Waals surface area contributed by atoms with E-state index in [1.165, 1.54) is 24.8 Å². The summed E-state index contributed by atoms with van der Waals surface area (Å²) in [5, 5.41) is 3.41. The summed E-state index contributed by atoms with van der Waals surface area (Å²) in [7, 11) is 0. The van der Waals surface area contributed by atoms with Crippen LogP contribution in [0.3, 0.4) is 0 Å². The Morgan fingerprint density at radius 2 is 1.64 bits per heavy atom. The van der Waals surface area contributed by atoms with Gasteiger partial charge in [0.05, 0.1) is 0 Å². The lowest BCUT2D eigenvalue weighted by Crippen LogP contribution is -2.54. The standard InChI is InChI=1S/C25H38N2O/c1-23-13-18(14-24(2,16-23)19-7-5-4-6-8-19)15-25(3,17-23)22(28)27-21-11-9-20(26)10-12-21/h4-8,18,20-21H,9-17,26H2,1-3H3,(H,27,28)/t18?,20?,21?,23?,24-,25?/m0/s1. The predicted molar refractivity (Wildman–Crippen MR) is 115 cm³/mol. The van der Waals surface area contributed by atoms with Crippen molar-refractivity contribution in [1.29, 1.82) is 0 Å². The summed E-state index contributed by atoms with van der Waals surface area (Å²) in [5.74, 6) is 0.931. The zero-order valence-corrected chi connectivity index (χ0v) is 18.0. The van der Waals surface area contributed by atoms with Crippen molar-refractivity contribution in [3.63, 3.8) is 0 Å². The monoisotopic (exact) mass is 382 g/mol. The molecule has 3 fully saturated rings. The molecule has 3 heteroatoms. The van der Waals surface area contributed by atoms with Gasteiger partial charge in [-0.05, 0) is 80.1 Å². The molecular formula is C25H38N2O. The SMILES string of the molecule is CC12CC(CC(C)(C(=O)NC3CCC(N)CC3)C1)C[C@](C)(c1ccccc1)C2. The molecule has 0 radical (unpaired) electrons. The van der Waals surface area contributed by atoms with E-state index in [4.69, 9.17) is 5.73 Å². The summed E-state index contributed by atoms with van der Waals surface area (Å²) in [6, 6.07) is 11.7. The third kappa shape index (κ3) is 3.87. The first-order valence-corrected chi connectivity index (χ1v) is 11.3. The first-order valence-electron chi connectivity index (χ1n) is 11.3. The molecule has 1 aromatic carbocycles. The van der Waals surface area contributed by atoms with Gasteiger partial charge in [0.2, 0.25) is 5.91 Å². The number of carbonyl (C=O) groups excluding carboxylic acids is 1. The van der Waals surface area contributed by atoms with Crippen LogP contribution in [0.1, 0.15) is 84.1 Å². The summed E-state index contributed by atoms with van der Waals surface area (Å²) in [6.07, 6.45) is 9.85. The van der Waals surface area contributed by atoms with Crippen molar-refractivity contribution >= 4 is 5.91 Å². The van der Waals surface area contributed by atoms with Crippen LogP contribution in [-0.2, 0) is 10.2 Å². The van der Waals surface area contributed by atoms with E-state index in [2.05, 4.69) is 56.4 Å². The summed E-state index contributed by atoms with van der Waals surface area (Å²) < 4.78 is 0. The van der Waals surface area contributed by atoms with Crippen LogP contribution in [0.15, 0.2) is 30.3 Å². The van der Waals surface area contributed by atoms with Crippen molar-refractivity contribution in [2.24, 2.45) is 22.5 Å². The maximum absolute atomic E-state index is 13.3. The second kappa shape index (κ2) is 7.16. The van der Waals surface area contributed by atoms with Crippen molar-refractivity contribution in [3.05, 3.63) is 35.9 Å². The summed E-state index contributed by atoms with van der Waals surface area (Å²) >= 11 is 0. The minimum Gasteiger partial charge on any atom is -0.353 e. The molecule has 0 saturated heterocycles. The first-order chi connectivity index (χ1) is 13.2. The molecule has 3 unspecified atom stereocenters. The number of hydrogen-bond donors (Lipinski definition) is 2. The highest BCUT2D eigenvalue weighted by Crippen LogP contribution is 2.60. The van der Waals surface area contributed by atoms with Crippen molar-refractivity contribution in [1.82, 2.24) is 5.32 Å².